The summed E-state index contributed by atoms with van der Waals surface area (Å²) in [5.74, 6) is -1.01. The molecular weight excluding hydrogens is 268 g/mol. The zero-order valence-corrected chi connectivity index (χ0v) is 12.5. The summed E-state index contributed by atoms with van der Waals surface area (Å²) in [5.41, 5.74) is 0. The Morgan fingerprint density at radius 3 is 2.32 bits per heavy atom. The standard InChI is InChI=1S/C12H24N2O4S/c1-3-11(2)13-6-8-14(9-7-13)19(17,18)10-4-5-12(15)16/h11H,3-10H2,1-2H3,(H,15,16). The van der Waals surface area contributed by atoms with Gasteiger partial charge in [0.2, 0.25) is 10.0 Å². The number of nitrogens with zero attached hydrogens (tertiary/aromatic N) is 2. The van der Waals surface area contributed by atoms with Gasteiger partial charge in [0.15, 0.2) is 0 Å². The van der Waals surface area contributed by atoms with Gasteiger partial charge in [-0.25, -0.2) is 8.42 Å². The number of carbonyl (C=O) groups is 1. The summed E-state index contributed by atoms with van der Waals surface area (Å²) in [6.45, 7) is 6.82. The molecule has 19 heavy (non-hydrogen) atoms. The second-order valence-corrected chi connectivity index (χ2v) is 7.09. The SMILES string of the molecule is CCC(C)N1CCN(S(=O)(=O)CCCC(=O)O)CC1. The van der Waals surface area contributed by atoms with Crippen molar-refractivity contribution in [2.24, 2.45) is 0 Å². The molecule has 1 atom stereocenters. The molecule has 0 aromatic carbocycles. The predicted octanol–water partition coefficient (Wildman–Crippen LogP) is 0.597. The Bertz CT molecular complexity index is 389. The second kappa shape index (κ2) is 7.21. The van der Waals surface area contributed by atoms with Gasteiger partial charge in [-0.1, -0.05) is 6.92 Å². The van der Waals surface area contributed by atoms with Gasteiger partial charge in [0.05, 0.1) is 5.75 Å². The van der Waals surface area contributed by atoms with E-state index in [-0.39, 0.29) is 18.6 Å². The average Bonchev–Trinajstić information content (AvgIpc) is 2.37. The molecule has 1 rings (SSSR count). The van der Waals surface area contributed by atoms with Crippen molar-refractivity contribution in [1.29, 1.82) is 0 Å². The van der Waals surface area contributed by atoms with Crippen LogP contribution in [0.25, 0.3) is 0 Å². The number of carboxylic acids is 1. The molecule has 0 saturated carbocycles. The van der Waals surface area contributed by atoms with Gasteiger partial charge in [0, 0.05) is 38.6 Å². The van der Waals surface area contributed by atoms with E-state index in [4.69, 9.17) is 5.11 Å². The molecule has 0 radical (unpaired) electrons. The lowest BCUT2D eigenvalue weighted by atomic mass is 10.2. The molecule has 0 amide bonds. The molecule has 1 aliphatic rings. The molecule has 1 unspecified atom stereocenters. The zero-order valence-electron chi connectivity index (χ0n) is 11.7. The highest BCUT2D eigenvalue weighted by molar-refractivity contribution is 7.89. The van der Waals surface area contributed by atoms with Gasteiger partial charge in [-0.2, -0.15) is 4.31 Å². The van der Waals surface area contributed by atoms with E-state index in [1.54, 1.807) is 0 Å². The lowest BCUT2D eigenvalue weighted by molar-refractivity contribution is -0.137. The summed E-state index contributed by atoms with van der Waals surface area (Å²) in [6, 6.07) is 0.483. The summed E-state index contributed by atoms with van der Waals surface area (Å²) < 4.78 is 25.5. The van der Waals surface area contributed by atoms with Crippen molar-refractivity contribution in [1.82, 2.24) is 9.21 Å². The van der Waals surface area contributed by atoms with E-state index >= 15 is 0 Å². The number of sulfonamides is 1. The van der Waals surface area contributed by atoms with E-state index in [0.717, 1.165) is 19.5 Å². The highest BCUT2D eigenvalue weighted by atomic mass is 32.2. The molecule has 7 heteroatoms. The molecule has 1 N–H and O–H groups in total. The molecule has 1 fully saturated rings. The van der Waals surface area contributed by atoms with Crippen molar-refractivity contribution >= 4 is 16.0 Å². The van der Waals surface area contributed by atoms with Gasteiger partial charge in [0.25, 0.3) is 0 Å². The smallest absolute Gasteiger partial charge is 0.303 e. The van der Waals surface area contributed by atoms with Crippen LogP contribution < -0.4 is 0 Å². The van der Waals surface area contributed by atoms with Crippen LogP contribution in [0, 0.1) is 0 Å². The minimum absolute atomic E-state index is 0.0668. The molecule has 0 bridgehead atoms. The minimum atomic E-state index is -3.29. The third kappa shape index (κ3) is 5.08. The number of carboxylic acid groups (broad SMARTS) is 1. The fourth-order valence-corrected chi connectivity index (χ4v) is 3.70. The average molecular weight is 292 g/mol. The van der Waals surface area contributed by atoms with Gasteiger partial charge in [0.1, 0.15) is 0 Å². The van der Waals surface area contributed by atoms with Crippen molar-refractivity contribution < 1.29 is 18.3 Å². The van der Waals surface area contributed by atoms with Crippen LogP contribution >= 0.6 is 0 Å². The molecule has 0 aromatic heterocycles. The van der Waals surface area contributed by atoms with Crippen LogP contribution in [0.5, 0.6) is 0 Å². The van der Waals surface area contributed by atoms with Crippen molar-refractivity contribution in [3.63, 3.8) is 0 Å². The Kier molecular flexibility index (Phi) is 6.22. The van der Waals surface area contributed by atoms with E-state index in [1.165, 1.54) is 4.31 Å². The maximum Gasteiger partial charge on any atom is 0.303 e. The minimum Gasteiger partial charge on any atom is -0.481 e. The molecule has 1 aliphatic heterocycles. The van der Waals surface area contributed by atoms with Crippen LogP contribution in [0.3, 0.4) is 0 Å². The first-order valence-corrected chi connectivity index (χ1v) is 8.41. The summed E-state index contributed by atoms with van der Waals surface area (Å²) in [6.07, 6.45) is 1.15. The van der Waals surface area contributed by atoms with Crippen LogP contribution in [0.4, 0.5) is 0 Å². The largest absolute Gasteiger partial charge is 0.481 e. The van der Waals surface area contributed by atoms with Gasteiger partial charge in [-0.3, -0.25) is 9.69 Å². The second-order valence-electron chi connectivity index (χ2n) is 5.01. The van der Waals surface area contributed by atoms with Crippen LogP contribution in [-0.2, 0) is 14.8 Å². The third-order valence-electron chi connectivity index (χ3n) is 3.67. The first kappa shape index (κ1) is 16.4. The normalized spacial score (nSPS) is 20.3. The quantitative estimate of drug-likeness (QED) is 0.743. The van der Waals surface area contributed by atoms with Gasteiger partial charge in [-0.15, -0.1) is 0 Å². The van der Waals surface area contributed by atoms with Crippen molar-refractivity contribution in [3.05, 3.63) is 0 Å². The maximum absolute atomic E-state index is 12.0. The molecule has 0 aromatic rings. The highest BCUT2D eigenvalue weighted by Gasteiger charge is 2.27. The number of piperazine rings is 1. The Hall–Kier alpha value is -0.660. The summed E-state index contributed by atoms with van der Waals surface area (Å²) >= 11 is 0. The van der Waals surface area contributed by atoms with E-state index in [9.17, 15) is 13.2 Å². The number of rotatable bonds is 7. The molecular formula is C12H24N2O4S. The molecule has 1 heterocycles. The van der Waals surface area contributed by atoms with E-state index in [1.807, 2.05) is 0 Å². The lowest BCUT2D eigenvalue weighted by Gasteiger charge is -2.37. The number of hydrogen-bond acceptors (Lipinski definition) is 4. The van der Waals surface area contributed by atoms with Crippen LogP contribution in [0.15, 0.2) is 0 Å². The van der Waals surface area contributed by atoms with Crippen LogP contribution in [-0.4, -0.2) is 66.7 Å². The molecule has 0 aliphatic carbocycles. The third-order valence-corrected chi connectivity index (χ3v) is 5.63. The summed E-state index contributed by atoms with van der Waals surface area (Å²) in [5, 5.41) is 8.53. The highest BCUT2D eigenvalue weighted by Crippen LogP contribution is 2.13. The van der Waals surface area contributed by atoms with E-state index < -0.39 is 16.0 Å². The predicted molar refractivity (Wildman–Crippen MR) is 73.6 cm³/mol. The van der Waals surface area contributed by atoms with Crippen LogP contribution in [0.1, 0.15) is 33.1 Å². The Morgan fingerprint density at radius 1 is 1.26 bits per heavy atom. The first-order valence-electron chi connectivity index (χ1n) is 6.80. The summed E-state index contributed by atoms with van der Waals surface area (Å²) in [4.78, 5) is 12.7. The van der Waals surface area contributed by atoms with E-state index in [0.29, 0.717) is 19.1 Å². The molecule has 112 valence electrons. The first-order chi connectivity index (χ1) is 8.86. The van der Waals surface area contributed by atoms with Crippen molar-refractivity contribution in [2.45, 2.75) is 39.2 Å². The topological polar surface area (TPSA) is 77.9 Å². The Labute approximate surface area is 115 Å². The number of aliphatic carboxylic acids is 1. The van der Waals surface area contributed by atoms with Gasteiger partial charge < -0.3 is 5.11 Å². The van der Waals surface area contributed by atoms with Gasteiger partial charge in [-0.05, 0) is 19.8 Å². The Balaban J connectivity index is 2.43. The zero-order chi connectivity index (χ0) is 14.5. The fraction of sp³-hybridized carbons (Fsp3) is 0.917. The van der Waals surface area contributed by atoms with Crippen LogP contribution in [0.2, 0.25) is 0 Å². The lowest BCUT2D eigenvalue weighted by Crippen LogP contribution is -2.51. The summed E-state index contributed by atoms with van der Waals surface area (Å²) in [7, 11) is -3.29. The van der Waals surface area contributed by atoms with E-state index in [2.05, 4.69) is 18.7 Å². The molecule has 1 saturated heterocycles. The maximum atomic E-state index is 12.0. The number of hydrogen-bond donors (Lipinski definition) is 1. The monoisotopic (exact) mass is 292 g/mol. The van der Waals surface area contributed by atoms with Crippen molar-refractivity contribution in [3.8, 4) is 0 Å². The Morgan fingerprint density at radius 2 is 1.84 bits per heavy atom. The molecule has 6 nitrogen and oxygen atoms in total. The fourth-order valence-electron chi connectivity index (χ4n) is 2.22. The van der Waals surface area contributed by atoms with Crippen molar-refractivity contribution in [2.75, 3.05) is 31.9 Å². The molecule has 0 spiro atoms. The van der Waals surface area contributed by atoms with Gasteiger partial charge >= 0.3 is 5.97 Å².